The van der Waals surface area contributed by atoms with Crippen molar-refractivity contribution in [2.24, 2.45) is 0 Å². The first kappa shape index (κ1) is 13.5. The van der Waals surface area contributed by atoms with Crippen LogP contribution < -0.4 is 0 Å². The minimum absolute atomic E-state index is 0.0992. The normalized spacial score (nSPS) is 10.8. The number of rotatable bonds is 3. The molecule has 0 fully saturated rings. The lowest BCUT2D eigenvalue weighted by Gasteiger charge is -2.15. The average Bonchev–Trinajstić information content (AvgIpc) is 2.37. The second-order valence-electron chi connectivity index (χ2n) is 5.37. The van der Waals surface area contributed by atoms with E-state index in [4.69, 9.17) is 0 Å². The topological polar surface area (TPSA) is 17.1 Å². The van der Waals surface area contributed by atoms with E-state index in [9.17, 15) is 4.79 Å². The highest BCUT2D eigenvalue weighted by Gasteiger charge is 2.13. The molecule has 0 spiro atoms. The van der Waals surface area contributed by atoms with Crippen LogP contribution in [0.5, 0.6) is 0 Å². The van der Waals surface area contributed by atoms with E-state index in [1.165, 1.54) is 16.7 Å². The first-order valence-corrected chi connectivity index (χ1v) is 6.71. The molecule has 0 saturated heterocycles. The third kappa shape index (κ3) is 2.76. The lowest BCUT2D eigenvalue weighted by Crippen LogP contribution is -2.05. The zero-order valence-corrected chi connectivity index (χ0v) is 12.0. The van der Waals surface area contributed by atoms with Gasteiger partial charge in [-0.1, -0.05) is 44.2 Å². The van der Waals surface area contributed by atoms with Gasteiger partial charge in [-0.05, 0) is 48.6 Å². The summed E-state index contributed by atoms with van der Waals surface area (Å²) in [4.78, 5) is 12.4. The molecule has 0 heterocycles. The van der Waals surface area contributed by atoms with Crippen molar-refractivity contribution in [1.29, 1.82) is 0 Å². The monoisotopic (exact) mass is 252 g/mol. The van der Waals surface area contributed by atoms with E-state index < -0.39 is 0 Å². The molecule has 0 amide bonds. The predicted octanol–water partition coefficient (Wildman–Crippen LogP) is 4.66. The van der Waals surface area contributed by atoms with Crippen LogP contribution in [0.25, 0.3) is 0 Å². The van der Waals surface area contributed by atoms with Gasteiger partial charge in [0.2, 0.25) is 0 Å². The first-order chi connectivity index (χ1) is 9.00. The summed E-state index contributed by atoms with van der Waals surface area (Å²) >= 11 is 0. The molecule has 0 atom stereocenters. The molecule has 2 rings (SSSR count). The van der Waals surface area contributed by atoms with Gasteiger partial charge in [0.05, 0.1) is 0 Å². The maximum Gasteiger partial charge on any atom is 0.193 e. The zero-order valence-electron chi connectivity index (χ0n) is 12.0. The molecule has 19 heavy (non-hydrogen) atoms. The summed E-state index contributed by atoms with van der Waals surface area (Å²) < 4.78 is 0. The average molecular weight is 252 g/mol. The highest BCUT2D eigenvalue weighted by Crippen LogP contribution is 2.25. The number of benzene rings is 2. The van der Waals surface area contributed by atoms with E-state index in [0.29, 0.717) is 5.92 Å². The molecule has 0 aliphatic carbocycles. The molecule has 2 aromatic carbocycles. The van der Waals surface area contributed by atoms with Crippen LogP contribution in [-0.4, -0.2) is 5.78 Å². The van der Waals surface area contributed by atoms with E-state index in [1.807, 2.05) is 42.5 Å². The predicted molar refractivity (Wildman–Crippen MR) is 79.9 cm³/mol. The quantitative estimate of drug-likeness (QED) is 0.726. The summed E-state index contributed by atoms with van der Waals surface area (Å²) in [6.07, 6.45) is 0. The van der Waals surface area contributed by atoms with Crippen molar-refractivity contribution in [3.8, 4) is 0 Å². The molecule has 98 valence electrons. The Bertz CT molecular complexity index is 571. The van der Waals surface area contributed by atoms with E-state index in [2.05, 4.69) is 27.7 Å². The van der Waals surface area contributed by atoms with Gasteiger partial charge in [0.15, 0.2) is 5.78 Å². The highest BCUT2D eigenvalue weighted by atomic mass is 16.1. The summed E-state index contributed by atoms with van der Waals surface area (Å²) in [6.45, 7) is 8.55. The lowest BCUT2D eigenvalue weighted by atomic mass is 9.89. The van der Waals surface area contributed by atoms with Gasteiger partial charge in [-0.2, -0.15) is 0 Å². The van der Waals surface area contributed by atoms with E-state index in [1.54, 1.807) is 0 Å². The number of carbonyl (C=O) groups is 1. The van der Waals surface area contributed by atoms with Gasteiger partial charge in [-0.15, -0.1) is 0 Å². The molecule has 0 bridgehead atoms. The molecule has 0 radical (unpaired) electrons. The smallest absolute Gasteiger partial charge is 0.193 e. The van der Waals surface area contributed by atoms with Crippen molar-refractivity contribution < 1.29 is 4.79 Å². The third-order valence-electron chi connectivity index (χ3n) is 3.47. The fraction of sp³-hybridized carbons (Fsp3) is 0.278. The number of hydrogen-bond donors (Lipinski definition) is 0. The van der Waals surface area contributed by atoms with E-state index in [0.717, 1.165) is 11.1 Å². The van der Waals surface area contributed by atoms with Crippen molar-refractivity contribution in [3.63, 3.8) is 0 Å². The van der Waals surface area contributed by atoms with E-state index >= 15 is 0 Å². The number of carbonyl (C=O) groups excluding carboxylic acids is 1. The van der Waals surface area contributed by atoms with Crippen LogP contribution >= 0.6 is 0 Å². The summed E-state index contributed by atoms with van der Waals surface area (Å²) in [5.74, 6) is 0.586. The van der Waals surface area contributed by atoms with Gasteiger partial charge in [-0.3, -0.25) is 4.79 Å². The van der Waals surface area contributed by atoms with Crippen LogP contribution in [-0.2, 0) is 0 Å². The molecule has 0 saturated carbocycles. The van der Waals surface area contributed by atoms with Gasteiger partial charge in [0.1, 0.15) is 0 Å². The van der Waals surface area contributed by atoms with Gasteiger partial charge in [0, 0.05) is 11.1 Å². The van der Waals surface area contributed by atoms with Crippen molar-refractivity contribution in [3.05, 3.63) is 70.3 Å². The summed E-state index contributed by atoms with van der Waals surface area (Å²) in [5, 5.41) is 0. The van der Waals surface area contributed by atoms with E-state index in [-0.39, 0.29) is 5.78 Å². The minimum atomic E-state index is 0.0992. The number of ketones is 1. The first-order valence-electron chi connectivity index (χ1n) is 6.71. The lowest BCUT2D eigenvalue weighted by molar-refractivity contribution is 0.103. The molecule has 1 nitrogen and oxygen atoms in total. The molecule has 0 aromatic heterocycles. The molecular weight excluding hydrogens is 232 g/mol. The van der Waals surface area contributed by atoms with Crippen molar-refractivity contribution in [2.75, 3.05) is 0 Å². The minimum Gasteiger partial charge on any atom is -0.289 e. The van der Waals surface area contributed by atoms with Crippen molar-refractivity contribution in [1.82, 2.24) is 0 Å². The Morgan fingerprint density at radius 1 is 0.895 bits per heavy atom. The van der Waals surface area contributed by atoms with Crippen LogP contribution in [0.3, 0.4) is 0 Å². The zero-order chi connectivity index (χ0) is 14.0. The molecule has 0 N–H and O–H groups in total. The Kier molecular flexibility index (Phi) is 3.84. The maximum absolute atomic E-state index is 12.4. The molecule has 0 aliphatic rings. The van der Waals surface area contributed by atoms with Crippen LogP contribution in [0.2, 0.25) is 0 Å². The van der Waals surface area contributed by atoms with Gasteiger partial charge in [0.25, 0.3) is 0 Å². The second-order valence-corrected chi connectivity index (χ2v) is 5.37. The fourth-order valence-electron chi connectivity index (χ4n) is 2.77. The molecule has 2 aromatic rings. The number of aryl methyl sites for hydroxylation is 2. The molecular formula is C18H20O. The summed E-state index contributed by atoms with van der Waals surface area (Å²) in [6, 6.07) is 13.5. The Hall–Kier alpha value is -1.89. The maximum atomic E-state index is 12.4. The van der Waals surface area contributed by atoms with Crippen LogP contribution in [0.15, 0.2) is 42.5 Å². The Morgan fingerprint density at radius 3 is 1.89 bits per heavy atom. The number of hydrogen-bond acceptors (Lipinski definition) is 1. The molecule has 0 aliphatic heterocycles. The standard InChI is InChI=1S/C18H20O/c1-12(2)17-13(3)10-16(11-14(17)4)18(19)15-8-6-5-7-9-15/h5-12H,1-4H3. The van der Waals surface area contributed by atoms with Gasteiger partial charge < -0.3 is 0 Å². The van der Waals surface area contributed by atoms with Crippen LogP contribution in [0.4, 0.5) is 0 Å². The Labute approximate surface area is 115 Å². The largest absolute Gasteiger partial charge is 0.289 e. The summed E-state index contributed by atoms with van der Waals surface area (Å²) in [5.41, 5.74) is 5.29. The second kappa shape index (κ2) is 5.40. The molecule has 1 heteroatoms. The summed E-state index contributed by atoms with van der Waals surface area (Å²) in [7, 11) is 0. The fourth-order valence-corrected chi connectivity index (χ4v) is 2.77. The third-order valence-corrected chi connectivity index (χ3v) is 3.47. The highest BCUT2D eigenvalue weighted by molar-refractivity contribution is 6.09. The van der Waals surface area contributed by atoms with Gasteiger partial charge >= 0.3 is 0 Å². The van der Waals surface area contributed by atoms with Crippen molar-refractivity contribution in [2.45, 2.75) is 33.6 Å². The SMILES string of the molecule is Cc1cc(C(=O)c2ccccc2)cc(C)c1C(C)C. The Balaban J connectivity index is 2.45. The van der Waals surface area contributed by atoms with Crippen LogP contribution in [0.1, 0.15) is 52.4 Å². The van der Waals surface area contributed by atoms with Crippen LogP contribution in [0, 0.1) is 13.8 Å². The molecule has 0 unspecified atom stereocenters. The Morgan fingerprint density at radius 2 is 1.42 bits per heavy atom. The van der Waals surface area contributed by atoms with Gasteiger partial charge in [-0.25, -0.2) is 0 Å². The van der Waals surface area contributed by atoms with Crippen molar-refractivity contribution >= 4 is 5.78 Å².